The number of ether oxygens (including phenoxy) is 1. The van der Waals surface area contributed by atoms with Gasteiger partial charge in [0.15, 0.2) is 11.7 Å². The van der Waals surface area contributed by atoms with Crippen molar-refractivity contribution in [2.75, 3.05) is 6.61 Å². The fourth-order valence-electron chi connectivity index (χ4n) is 2.42. The number of benzene rings is 1. The third-order valence-electron chi connectivity index (χ3n) is 3.53. The van der Waals surface area contributed by atoms with E-state index in [0.717, 1.165) is 16.5 Å². The Morgan fingerprint density at radius 2 is 2.04 bits per heavy atom. The van der Waals surface area contributed by atoms with Gasteiger partial charge in [0.05, 0.1) is 0 Å². The van der Waals surface area contributed by atoms with E-state index in [4.69, 9.17) is 16.3 Å². The van der Waals surface area contributed by atoms with E-state index in [9.17, 15) is 4.79 Å². The van der Waals surface area contributed by atoms with Crippen LogP contribution in [-0.2, 0) is 0 Å². The Morgan fingerprint density at radius 3 is 2.70 bits per heavy atom. The van der Waals surface area contributed by atoms with Gasteiger partial charge < -0.3 is 4.74 Å². The lowest BCUT2D eigenvalue weighted by molar-refractivity contribution is 0.0921. The molecule has 0 N–H and O–H groups in total. The molecule has 1 aromatic carbocycles. The molecule has 118 valence electrons. The van der Waals surface area contributed by atoms with Crippen LogP contribution >= 0.6 is 22.9 Å². The predicted octanol–water partition coefficient (Wildman–Crippen LogP) is 4.47. The van der Waals surface area contributed by atoms with E-state index >= 15 is 0 Å². The average Bonchev–Trinajstić information content (AvgIpc) is 3.14. The van der Waals surface area contributed by atoms with Crippen molar-refractivity contribution in [2.24, 2.45) is 0 Å². The SMILES string of the molecule is Cc1cc(C(=O)COc2ccc(Cl)cc2)c(C)n1-c1nccs1. The minimum Gasteiger partial charge on any atom is -0.485 e. The van der Waals surface area contributed by atoms with Crippen molar-refractivity contribution in [3.05, 3.63) is 63.9 Å². The molecule has 0 fully saturated rings. The molecule has 0 amide bonds. The summed E-state index contributed by atoms with van der Waals surface area (Å²) in [6.07, 6.45) is 1.75. The molecule has 3 aromatic rings. The van der Waals surface area contributed by atoms with Crippen molar-refractivity contribution >= 4 is 28.7 Å². The molecule has 2 aromatic heterocycles. The van der Waals surface area contributed by atoms with Crippen LogP contribution in [0.1, 0.15) is 21.7 Å². The second-order valence-corrected chi connectivity index (χ2v) is 6.41. The quantitative estimate of drug-likeness (QED) is 0.640. The minimum atomic E-state index is -0.0594. The summed E-state index contributed by atoms with van der Waals surface area (Å²) in [4.78, 5) is 16.8. The number of halogens is 1. The number of thiazole rings is 1. The van der Waals surface area contributed by atoms with Crippen molar-refractivity contribution < 1.29 is 9.53 Å². The highest BCUT2D eigenvalue weighted by atomic mass is 35.5. The van der Waals surface area contributed by atoms with Crippen LogP contribution in [0, 0.1) is 13.8 Å². The largest absolute Gasteiger partial charge is 0.485 e. The van der Waals surface area contributed by atoms with Crippen LogP contribution < -0.4 is 4.74 Å². The normalized spacial score (nSPS) is 10.7. The molecule has 0 aliphatic heterocycles. The van der Waals surface area contributed by atoms with E-state index in [2.05, 4.69) is 4.98 Å². The molecule has 3 rings (SSSR count). The van der Waals surface area contributed by atoms with Crippen molar-refractivity contribution in [2.45, 2.75) is 13.8 Å². The summed E-state index contributed by atoms with van der Waals surface area (Å²) in [5.41, 5.74) is 2.51. The number of hydrogen-bond donors (Lipinski definition) is 0. The van der Waals surface area contributed by atoms with E-state index in [1.807, 2.05) is 29.9 Å². The number of ketones is 1. The molecule has 4 nitrogen and oxygen atoms in total. The van der Waals surface area contributed by atoms with Crippen molar-refractivity contribution in [1.29, 1.82) is 0 Å². The molecule has 0 radical (unpaired) electrons. The zero-order valence-corrected chi connectivity index (χ0v) is 14.3. The maximum Gasteiger partial charge on any atom is 0.202 e. The zero-order valence-electron chi connectivity index (χ0n) is 12.7. The third-order valence-corrected chi connectivity index (χ3v) is 4.53. The molecular formula is C17H15ClN2O2S. The second kappa shape index (κ2) is 6.56. The molecule has 0 saturated heterocycles. The third kappa shape index (κ3) is 3.30. The first-order valence-corrected chi connectivity index (χ1v) is 8.32. The lowest BCUT2D eigenvalue weighted by Crippen LogP contribution is -2.12. The maximum atomic E-state index is 12.5. The number of aromatic nitrogens is 2. The van der Waals surface area contributed by atoms with Crippen molar-refractivity contribution in [3.8, 4) is 10.9 Å². The molecule has 6 heteroatoms. The summed E-state index contributed by atoms with van der Waals surface area (Å²) in [6.45, 7) is 3.87. The Kier molecular flexibility index (Phi) is 4.50. The molecule has 0 saturated carbocycles. The molecule has 0 bridgehead atoms. The van der Waals surface area contributed by atoms with Gasteiger partial charge in [-0.1, -0.05) is 11.6 Å². The van der Waals surface area contributed by atoms with Gasteiger partial charge >= 0.3 is 0 Å². The van der Waals surface area contributed by atoms with Gasteiger partial charge in [0.25, 0.3) is 0 Å². The predicted molar refractivity (Wildman–Crippen MR) is 92.2 cm³/mol. The van der Waals surface area contributed by atoms with Crippen LogP contribution in [0.25, 0.3) is 5.13 Å². The molecule has 0 unspecified atom stereocenters. The fourth-order valence-corrected chi connectivity index (χ4v) is 3.30. The highest BCUT2D eigenvalue weighted by Gasteiger charge is 2.18. The van der Waals surface area contributed by atoms with Crippen molar-refractivity contribution in [1.82, 2.24) is 9.55 Å². The number of aryl methyl sites for hydroxylation is 1. The van der Waals surface area contributed by atoms with Crippen LogP contribution in [0.2, 0.25) is 5.02 Å². The first-order chi connectivity index (χ1) is 11.1. The summed E-state index contributed by atoms with van der Waals surface area (Å²) in [5.74, 6) is 0.562. The molecule has 0 aliphatic rings. The lowest BCUT2D eigenvalue weighted by Gasteiger charge is -2.07. The lowest BCUT2D eigenvalue weighted by atomic mass is 10.1. The van der Waals surface area contributed by atoms with Crippen LogP contribution in [0.5, 0.6) is 5.75 Å². The van der Waals surface area contributed by atoms with Crippen LogP contribution in [0.3, 0.4) is 0 Å². The number of carbonyl (C=O) groups is 1. The highest BCUT2D eigenvalue weighted by molar-refractivity contribution is 7.12. The maximum absolute atomic E-state index is 12.5. The van der Waals surface area contributed by atoms with Gasteiger partial charge in [-0.25, -0.2) is 4.98 Å². The molecule has 0 spiro atoms. The summed E-state index contributed by atoms with van der Waals surface area (Å²) >= 11 is 7.37. The Labute approximate surface area is 143 Å². The summed E-state index contributed by atoms with van der Waals surface area (Å²) in [5, 5.41) is 3.41. The molecule has 0 aliphatic carbocycles. The molecule has 0 atom stereocenters. The smallest absolute Gasteiger partial charge is 0.202 e. The monoisotopic (exact) mass is 346 g/mol. The van der Waals surface area contributed by atoms with Gasteiger partial charge in [0.2, 0.25) is 5.78 Å². The van der Waals surface area contributed by atoms with Gasteiger partial charge in [-0.05, 0) is 44.2 Å². The summed E-state index contributed by atoms with van der Waals surface area (Å²) < 4.78 is 7.53. The Bertz CT molecular complexity index is 823. The Morgan fingerprint density at radius 1 is 1.30 bits per heavy atom. The van der Waals surface area contributed by atoms with Gasteiger partial charge in [-0.2, -0.15) is 0 Å². The topological polar surface area (TPSA) is 44.1 Å². The van der Waals surface area contributed by atoms with E-state index in [1.54, 1.807) is 30.5 Å². The molecule has 23 heavy (non-hydrogen) atoms. The van der Waals surface area contributed by atoms with Crippen LogP contribution in [0.4, 0.5) is 0 Å². The first-order valence-electron chi connectivity index (χ1n) is 7.06. The van der Waals surface area contributed by atoms with Crippen LogP contribution in [0.15, 0.2) is 41.9 Å². The Balaban J connectivity index is 1.78. The van der Waals surface area contributed by atoms with Crippen LogP contribution in [-0.4, -0.2) is 21.9 Å². The number of carbonyl (C=O) groups excluding carboxylic acids is 1. The van der Waals surface area contributed by atoms with Gasteiger partial charge in [-0.3, -0.25) is 9.36 Å². The molecular weight excluding hydrogens is 332 g/mol. The summed E-state index contributed by atoms with van der Waals surface area (Å²) in [6, 6.07) is 8.83. The van der Waals surface area contributed by atoms with E-state index < -0.39 is 0 Å². The highest BCUT2D eigenvalue weighted by Crippen LogP contribution is 2.23. The van der Waals surface area contributed by atoms with Gasteiger partial charge in [-0.15, -0.1) is 11.3 Å². The van der Waals surface area contributed by atoms with Crippen molar-refractivity contribution in [3.63, 3.8) is 0 Å². The van der Waals surface area contributed by atoms with E-state index in [0.29, 0.717) is 16.3 Å². The standard InChI is InChI=1S/C17H15ClN2O2S/c1-11-9-15(12(2)20(11)17-19-7-8-23-17)16(21)10-22-14-5-3-13(18)4-6-14/h3-9H,10H2,1-2H3. The van der Waals surface area contributed by atoms with Gasteiger partial charge in [0, 0.05) is 33.6 Å². The van der Waals surface area contributed by atoms with E-state index in [-0.39, 0.29) is 12.4 Å². The molecule has 2 heterocycles. The number of rotatable bonds is 5. The second-order valence-electron chi connectivity index (χ2n) is 5.10. The number of Topliss-reactive ketones (excluding diaryl/α,β-unsaturated/α-hetero) is 1. The Hall–Kier alpha value is -2.11. The zero-order chi connectivity index (χ0) is 16.4. The summed E-state index contributed by atoms with van der Waals surface area (Å²) in [7, 11) is 0. The number of hydrogen-bond acceptors (Lipinski definition) is 4. The van der Waals surface area contributed by atoms with E-state index in [1.165, 1.54) is 11.3 Å². The van der Waals surface area contributed by atoms with Gasteiger partial charge in [0.1, 0.15) is 5.75 Å². The average molecular weight is 347 g/mol. The fraction of sp³-hybridized carbons (Fsp3) is 0.176. The number of nitrogens with zero attached hydrogens (tertiary/aromatic N) is 2. The minimum absolute atomic E-state index is 0.0101. The first kappa shape index (κ1) is 15.8.